The van der Waals surface area contributed by atoms with Crippen LogP contribution in [0, 0.1) is 0 Å². The second kappa shape index (κ2) is 3.93. The summed E-state index contributed by atoms with van der Waals surface area (Å²) in [6, 6.07) is 5.58. The summed E-state index contributed by atoms with van der Waals surface area (Å²) in [5.41, 5.74) is 2.43. The van der Waals surface area contributed by atoms with Crippen LogP contribution in [0.1, 0.15) is 6.92 Å². The Balaban J connectivity index is 2.07. The molecule has 0 bridgehead atoms. The summed E-state index contributed by atoms with van der Waals surface area (Å²) < 4.78 is 10.4. The Kier molecular flexibility index (Phi) is 2.29. The van der Waals surface area contributed by atoms with E-state index in [9.17, 15) is 0 Å². The van der Waals surface area contributed by atoms with Gasteiger partial charge in [0.15, 0.2) is 5.65 Å². The quantitative estimate of drug-likeness (QED) is 0.749. The zero-order valence-corrected chi connectivity index (χ0v) is 9.30. The highest BCUT2D eigenvalue weighted by Gasteiger charge is 2.08. The van der Waals surface area contributed by atoms with E-state index in [0.29, 0.717) is 18.1 Å². The number of rotatable bonds is 3. The maximum absolute atomic E-state index is 5.33. The molecule has 5 nitrogen and oxygen atoms in total. The van der Waals surface area contributed by atoms with E-state index in [0.717, 1.165) is 16.9 Å². The fourth-order valence-corrected chi connectivity index (χ4v) is 1.64. The highest BCUT2D eigenvalue weighted by molar-refractivity contribution is 5.76. The minimum atomic E-state index is 0.588. The molecular weight excluding hydrogens is 218 g/mol. The number of aromatic nitrogens is 3. The Labute approximate surface area is 97.5 Å². The van der Waals surface area contributed by atoms with Crippen LogP contribution in [0.3, 0.4) is 0 Å². The van der Waals surface area contributed by atoms with Crippen molar-refractivity contribution in [3.05, 3.63) is 30.7 Å². The van der Waals surface area contributed by atoms with E-state index in [1.54, 1.807) is 12.5 Å². The fourth-order valence-electron chi connectivity index (χ4n) is 1.64. The van der Waals surface area contributed by atoms with Gasteiger partial charge < -0.3 is 14.1 Å². The van der Waals surface area contributed by atoms with Crippen LogP contribution in [0.4, 0.5) is 0 Å². The molecule has 0 unspecified atom stereocenters. The molecule has 1 N–H and O–H groups in total. The van der Waals surface area contributed by atoms with Crippen molar-refractivity contribution in [1.29, 1.82) is 0 Å². The van der Waals surface area contributed by atoms with Crippen LogP contribution >= 0.6 is 0 Å². The van der Waals surface area contributed by atoms with Gasteiger partial charge in [-0.25, -0.2) is 4.98 Å². The number of pyridine rings is 1. The second-order valence-corrected chi connectivity index (χ2v) is 3.55. The van der Waals surface area contributed by atoms with Gasteiger partial charge in [-0.2, -0.15) is 4.98 Å². The number of hydrogen-bond donors (Lipinski definition) is 1. The Morgan fingerprint density at radius 1 is 1.29 bits per heavy atom. The second-order valence-electron chi connectivity index (χ2n) is 3.55. The van der Waals surface area contributed by atoms with Crippen LogP contribution < -0.4 is 4.74 Å². The smallest absolute Gasteiger partial charge is 0.215 e. The number of furan rings is 1. The third-order valence-corrected chi connectivity index (χ3v) is 2.41. The molecule has 0 aliphatic carbocycles. The van der Waals surface area contributed by atoms with Crippen molar-refractivity contribution in [3.63, 3.8) is 0 Å². The van der Waals surface area contributed by atoms with Gasteiger partial charge in [0.25, 0.3) is 0 Å². The Hall–Kier alpha value is -2.30. The van der Waals surface area contributed by atoms with Crippen molar-refractivity contribution >= 4 is 11.2 Å². The number of nitrogens with zero attached hydrogens (tertiary/aromatic N) is 2. The normalized spacial score (nSPS) is 10.9. The molecule has 86 valence electrons. The van der Waals surface area contributed by atoms with Crippen molar-refractivity contribution < 1.29 is 9.15 Å². The lowest BCUT2D eigenvalue weighted by molar-refractivity contribution is 0.328. The number of ether oxygens (including phenoxy) is 1. The molecule has 3 aromatic rings. The van der Waals surface area contributed by atoms with E-state index in [1.807, 2.05) is 25.1 Å². The summed E-state index contributed by atoms with van der Waals surface area (Å²) in [4.78, 5) is 11.9. The molecule has 0 fully saturated rings. The monoisotopic (exact) mass is 229 g/mol. The van der Waals surface area contributed by atoms with Gasteiger partial charge in [-0.05, 0) is 19.1 Å². The molecule has 0 radical (unpaired) electrons. The van der Waals surface area contributed by atoms with Crippen LogP contribution in [0.5, 0.6) is 5.88 Å². The zero-order valence-electron chi connectivity index (χ0n) is 9.30. The third kappa shape index (κ3) is 1.75. The maximum atomic E-state index is 5.33. The first-order chi connectivity index (χ1) is 8.36. The van der Waals surface area contributed by atoms with Crippen LogP contribution in [0.25, 0.3) is 22.6 Å². The molecule has 17 heavy (non-hydrogen) atoms. The lowest BCUT2D eigenvalue weighted by atomic mass is 10.3. The molecule has 0 aliphatic rings. The molecular formula is C12H11N3O2. The van der Waals surface area contributed by atoms with Crippen LogP contribution in [-0.2, 0) is 0 Å². The summed E-state index contributed by atoms with van der Waals surface area (Å²) in [5.74, 6) is 1.33. The van der Waals surface area contributed by atoms with Gasteiger partial charge in [0.1, 0.15) is 12.1 Å². The summed E-state index contributed by atoms with van der Waals surface area (Å²) in [6.07, 6.45) is 3.25. The Bertz CT molecular complexity index is 628. The van der Waals surface area contributed by atoms with Crippen molar-refractivity contribution in [2.24, 2.45) is 0 Å². The molecule has 3 rings (SSSR count). The van der Waals surface area contributed by atoms with E-state index in [4.69, 9.17) is 9.15 Å². The molecule has 0 amide bonds. The lowest BCUT2D eigenvalue weighted by Gasteiger charge is -1.99. The van der Waals surface area contributed by atoms with Crippen molar-refractivity contribution in [1.82, 2.24) is 15.0 Å². The summed E-state index contributed by atoms with van der Waals surface area (Å²) in [6.45, 7) is 2.52. The van der Waals surface area contributed by atoms with Gasteiger partial charge >= 0.3 is 0 Å². The highest BCUT2D eigenvalue weighted by atomic mass is 16.5. The summed E-state index contributed by atoms with van der Waals surface area (Å²) in [5, 5.41) is 0. The molecule has 3 aromatic heterocycles. The molecule has 0 spiro atoms. The SMILES string of the molecule is CCOc1ccc2[nH]c(-c3ccoc3)nc2n1. The average Bonchev–Trinajstić information content (AvgIpc) is 2.97. The number of aromatic amines is 1. The average molecular weight is 229 g/mol. The topological polar surface area (TPSA) is 63.9 Å². The predicted molar refractivity (Wildman–Crippen MR) is 62.8 cm³/mol. The third-order valence-electron chi connectivity index (χ3n) is 2.41. The van der Waals surface area contributed by atoms with Crippen molar-refractivity contribution in [2.45, 2.75) is 6.92 Å². The summed E-state index contributed by atoms with van der Waals surface area (Å²) in [7, 11) is 0. The first-order valence-corrected chi connectivity index (χ1v) is 5.39. The van der Waals surface area contributed by atoms with E-state index in [-0.39, 0.29) is 0 Å². The van der Waals surface area contributed by atoms with Crippen LogP contribution in [-0.4, -0.2) is 21.6 Å². The zero-order chi connectivity index (χ0) is 11.7. The van der Waals surface area contributed by atoms with Crippen LogP contribution in [0.15, 0.2) is 35.1 Å². The number of imidazole rings is 1. The standard InChI is InChI=1S/C12H11N3O2/c1-2-17-10-4-3-9-12(14-10)15-11(13-9)8-5-6-16-7-8/h3-7H,2H2,1H3,(H,13,14,15). The van der Waals surface area contributed by atoms with Crippen molar-refractivity contribution in [2.75, 3.05) is 6.61 Å². The lowest BCUT2D eigenvalue weighted by Crippen LogP contribution is -1.93. The van der Waals surface area contributed by atoms with Gasteiger partial charge in [0.05, 0.1) is 24.0 Å². The molecule has 0 saturated heterocycles. The van der Waals surface area contributed by atoms with Crippen LogP contribution in [0.2, 0.25) is 0 Å². The van der Waals surface area contributed by atoms with Gasteiger partial charge in [0, 0.05) is 6.07 Å². The first kappa shape index (κ1) is 9.89. The fraction of sp³-hybridized carbons (Fsp3) is 0.167. The molecule has 0 aromatic carbocycles. The Morgan fingerprint density at radius 3 is 3.00 bits per heavy atom. The van der Waals surface area contributed by atoms with E-state index in [2.05, 4.69) is 15.0 Å². The summed E-state index contributed by atoms with van der Waals surface area (Å²) >= 11 is 0. The molecule has 0 saturated carbocycles. The Morgan fingerprint density at radius 2 is 2.24 bits per heavy atom. The van der Waals surface area contributed by atoms with E-state index < -0.39 is 0 Å². The number of hydrogen-bond acceptors (Lipinski definition) is 4. The predicted octanol–water partition coefficient (Wildman–Crippen LogP) is 2.62. The van der Waals surface area contributed by atoms with Gasteiger partial charge in [-0.1, -0.05) is 0 Å². The molecule has 0 atom stereocenters. The van der Waals surface area contributed by atoms with E-state index >= 15 is 0 Å². The molecule has 3 heterocycles. The number of nitrogens with one attached hydrogen (secondary N) is 1. The molecule has 5 heteroatoms. The van der Waals surface area contributed by atoms with Gasteiger partial charge in [-0.3, -0.25) is 0 Å². The van der Waals surface area contributed by atoms with Gasteiger partial charge in [-0.15, -0.1) is 0 Å². The minimum absolute atomic E-state index is 0.588. The first-order valence-electron chi connectivity index (χ1n) is 5.39. The largest absolute Gasteiger partial charge is 0.478 e. The molecule has 0 aliphatic heterocycles. The van der Waals surface area contributed by atoms with E-state index in [1.165, 1.54) is 0 Å². The van der Waals surface area contributed by atoms with Gasteiger partial charge in [0.2, 0.25) is 5.88 Å². The number of fused-ring (bicyclic) bond motifs is 1. The highest BCUT2D eigenvalue weighted by Crippen LogP contribution is 2.21. The van der Waals surface area contributed by atoms with Crippen molar-refractivity contribution in [3.8, 4) is 17.3 Å². The maximum Gasteiger partial charge on any atom is 0.215 e. The minimum Gasteiger partial charge on any atom is -0.478 e. The number of H-pyrrole nitrogens is 1.